The van der Waals surface area contributed by atoms with Gasteiger partial charge in [-0.25, -0.2) is 0 Å². The zero-order valence-electron chi connectivity index (χ0n) is 45.1. The molecular formula is C78H51N3S2. The Bertz CT molecular complexity index is 4840. The van der Waals surface area contributed by atoms with Gasteiger partial charge in [-0.1, -0.05) is 206 Å². The number of rotatable bonds is 11. The first-order chi connectivity index (χ1) is 41.1. The molecule has 0 saturated heterocycles. The van der Waals surface area contributed by atoms with Gasteiger partial charge in [0.2, 0.25) is 0 Å². The van der Waals surface area contributed by atoms with Gasteiger partial charge < -0.3 is 14.4 Å². The number of nitrogens with zero attached hydrogens (tertiary/aromatic N) is 3. The Morgan fingerprint density at radius 2 is 0.566 bits per heavy atom. The van der Waals surface area contributed by atoms with Crippen molar-refractivity contribution in [2.45, 2.75) is 0 Å². The fourth-order valence-electron chi connectivity index (χ4n) is 12.4. The number of thiophene rings is 2. The molecular weight excluding hydrogens is 1040 g/mol. The number of benzene rings is 13. The van der Waals surface area contributed by atoms with Gasteiger partial charge in [0, 0.05) is 90.9 Å². The van der Waals surface area contributed by atoms with E-state index in [1.165, 1.54) is 90.0 Å². The third-order valence-electron chi connectivity index (χ3n) is 16.4. The summed E-state index contributed by atoms with van der Waals surface area (Å²) in [7, 11) is 0. The summed E-state index contributed by atoms with van der Waals surface area (Å²) in [6, 6.07) is 114. The first-order valence-electron chi connectivity index (χ1n) is 28.2. The summed E-state index contributed by atoms with van der Waals surface area (Å²) >= 11 is 3.71. The molecule has 0 aliphatic carbocycles. The molecule has 3 aromatic heterocycles. The first kappa shape index (κ1) is 48.6. The number of hydrogen-bond donors (Lipinski definition) is 0. The Labute approximate surface area is 489 Å². The lowest BCUT2D eigenvalue weighted by molar-refractivity contribution is 1.18. The molecule has 0 aliphatic rings. The number of para-hydroxylation sites is 1. The molecule has 13 aromatic carbocycles. The maximum atomic E-state index is 2.46. The summed E-state index contributed by atoms with van der Waals surface area (Å²) in [4.78, 5) is 4.92. The zero-order valence-corrected chi connectivity index (χ0v) is 46.7. The van der Waals surface area contributed by atoms with Crippen molar-refractivity contribution < 1.29 is 0 Å². The Balaban J connectivity index is 0.943. The fourth-order valence-corrected chi connectivity index (χ4v) is 14.6. The van der Waals surface area contributed by atoms with E-state index in [0.29, 0.717) is 0 Å². The van der Waals surface area contributed by atoms with E-state index < -0.39 is 0 Å². The molecule has 0 aliphatic heterocycles. The SMILES string of the molecule is c1ccc(-c2ccc(N(c3cc(-c4ccc5c6ccccc6n(-c6ccc(-c7ccccc7)cc6)c5c4)cc(N(c4ccc(-c5ccccc5)cc4)c4ccc5c(c4)sc4ccccc45)c3)c3ccc4c(c3)sc3ccccc34)cc2)cc1. The Kier molecular flexibility index (Phi) is 11.9. The topological polar surface area (TPSA) is 11.4 Å². The molecule has 83 heavy (non-hydrogen) atoms. The smallest absolute Gasteiger partial charge is 0.0547 e. The molecule has 3 heterocycles. The highest BCUT2D eigenvalue weighted by Gasteiger charge is 2.23. The third kappa shape index (κ3) is 8.73. The van der Waals surface area contributed by atoms with Gasteiger partial charge in [-0.3, -0.25) is 0 Å². The van der Waals surface area contributed by atoms with Crippen LogP contribution in [0, 0.1) is 0 Å². The van der Waals surface area contributed by atoms with Crippen LogP contribution in [-0.2, 0) is 0 Å². The Morgan fingerprint density at radius 1 is 0.205 bits per heavy atom. The molecule has 0 fully saturated rings. The number of anilines is 6. The van der Waals surface area contributed by atoms with Crippen molar-refractivity contribution in [2.75, 3.05) is 9.80 Å². The van der Waals surface area contributed by atoms with E-state index in [1.807, 2.05) is 22.7 Å². The highest BCUT2D eigenvalue weighted by molar-refractivity contribution is 7.26. The molecule has 0 unspecified atom stereocenters. The van der Waals surface area contributed by atoms with Crippen molar-refractivity contribution in [3.63, 3.8) is 0 Å². The number of fused-ring (bicyclic) bond motifs is 9. The summed E-state index contributed by atoms with van der Waals surface area (Å²) in [6.45, 7) is 0. The normalized spacial score (nSPS) is 11.6. The van der Waals surface area contributed by atoms with E-state index in [2.05, 4.69) is 324 Å². The van der Waals surface area contributed by atoms with Gasteiger partial charge in [0.1, 0.15) is 0 Å². The van der Waals surface area contributed by atoms with Gasteiger partial charge in [-0.05, 0) is 148 Å². The first-order valence-corrected chi connectivity index (χ1v) is 29.8. The summed E-state index contributed by atoms with van der Waals surface area (Å²) in [5.41, 5.74) is 19.1. The molecule has 3 nitrogen and oxygen atoms in total. The molecule has 0 amide bonds. The monoisotopic (exact) mass is 1090 g/mol. The summed E-state index contributed by atoms with van der Waals surface area (Å²) < 4.78 is 7.50. The fraction of sp³-hybridized carbons (Fsp3) is 0. The predicted molar refractivity (Wildman–Crippen MR) is 358 cm³/mol. The molecule has 0 bridgehead atoms. The molecule has 5 heteroatoms. The lowest BCUT2D eigenvalue weighted by Crippen LogP contribution is -2.13. The van der Waals surface area contributed by atoms with E-state index in [0.717, 1.165) is 56.5 Å². The van der Waals surface area contributed by atoms with Crippen molar-refractivity contribution in [2.24, 2.45) is 0 Å². The maximum absolute atomic E-state index is 2.46. The van der Waals surface area contributed by atoms with Crippen LogP contribution in [-0.4, -0.2) is 4.57 Å². The minimum atomic E-state index is 1.04. The van der Waals surface area contributed by atoms with E-state index >= 15 is 0 Å². The van der Waals surface area contributed by atoms with Crippen LogP contribution in [0.5, 0.6) is 0 Å². The van der Waals surface area contributed by atoms with Crippen LogP contribution in [0.2, 0.25) is 0 Å². The van der Waals surface area contributed by atoms with E-state index in [9.17, 15) is 0 Å². The average Bonchev–Trinajstić information content (AvgIpc) is 3.50. The van der Waals surface area contributed by atoms with Gasteiger partial charge >= 0.3 is 0 Å². The van der Waals surface area contributed by atoms with Crippen LogP contribution in [0.4, 0.5) is 34.1 Å². The van der Waals surface area contributed by atoms with Crippen LogP contribution < -0.4 is 9.80 Å². The van der Waals surface area contributed by atoms with Gasteiger partial charge in [0.15, 0.2) is 0 Å². The van der Waals surface area contributed by atoms with Crippen molar-refractivity contribution in [1.29, 1.82) is 0 Å². The van der Waals surface area contributed by atoms with E-state index in [-0.39, 0.29) is 0 Å². The highest BCUT2D eigenvalue weighted by Crippen LogP contribution is 2.48. The van der Waals surface area contributed by atoms with Crippen molar-refractivity contribution in [3.8, 4) is 50.2 Å². The van der Waals surface area contributed by atoms with Gasteiger partial charge in [-0.15, -0.1) is 22.7 Å². The van der Waals surface area contributed by atoms with E-state index in [4.69, 9.17) is 0 Å². The lowest BCUT2D eigenvalue weighted by Gasteiger charge is -2.30. The summed E-state index contributed by atoms with van der Waals surface area (Å²) in [6.07, 6.45) is 0. The van der Waals surface area contributed by atoms with Crippen LogP contribution in [0.1, 0.15) is 0 Å². The highest BCUT2D eigenvalue weighted by atomic mass is 32.1. The largest absolute Gasteiger partial charge is 0.310 e. The predicted octanol–water partition coefficient (Wildman–Crippen LogP) is 23.1. The average molecular weight is 1090 g/mol. The Hall–Kier alpha value is -10.3. The van der Waals surface area contributed by atoms with Crippen molar-refractivity contribution in [3.05, 3.63) is 309 Å². The quantitative estimate of drug-likeness (QED) is 0.128. The minimum Gasteiger partial charge on any atom is -0.310 e. The summed E-state index contributed by atoms with van der Waals surface area (Å²) in [5.74, 6) is 0. The van der Waals surface area contributed by atoms with Crippen LogP contribution in [0.3, 0.4) is 0 Å². The molecule has 16 rings (SSSR count). The third-order valence-corrected chi connectivity index (χ3v) is 18.6. The van der Waals surface area contributed by atoms with Gasteiger partial charge in [0.25, 0.3) is 0 Å². The molecule has 390 valence electrons. The number of hydrogen-bond acceptors (Lipinski definition) is 4. The molecule has 0 saturated carbocycles. The molecule has 0 N–H and O–H groups in total. The lowest BCUT2D eigenvalue weighted by atomic mass is 9.99. The number of aromatic nitrogens is 1. The molecule has 16 aromatic rings. The standard InChI is InChI=1S/C78H51N3S2/c1-4-16-52(17-5-1)55-28-35-60(36-29-55)79(63-41-44-71-69-23-11-14-26-75(69)82-77(71)50-63)65-46-59(58-34-43-68-67-22-10-13-25-73(67)81(74(68)48-58)62-39-32-57(33-40-62)54-20-8-3-9-21-54)47-66(49-65)80(61-37-30-56(31-38-61)53-18-6-2-7-19-53)64-42-45-72-70-24-12-15-27-76(70)83-78(72)51-64/h1-51H. The van der Waals surface area contributed by atoms with Gasteiger partial charge in [-0.2, -0.15) is 0 Å². The second-order valence-corrected chi connectivity index (χ2v) is 23.5. The van der Waals surface area contributed by atoms with Crippen LogP contribution >= 0.6 is 22.7 Å². The van der Waals surface area contributed by atoms with E-state index in [1.54, 1.807) is 0 Å². The minimum absolute atomic E-state index is 1.04. The second kappa shape index (κ2) is 20.4. The second-order valence-electron chi connectivity index (χ2n) is 21.3. The van der Waals surface area contributed by atoms with Crippen molar-refractivity contribution >= 4 is 119 Å². The molecule has 0 atom stereocenters. The van der Waals surface area contributed by atoms with Gasteiger partial charge in [0.05, 0.1) is 11.0 Å². The van der Waals surface area contributed by atoms with Crippen molar-refractivity contribution in [1.82, 2.24) is 4.57 Å². The molecule has 0 spiro atoms. The van der Waals surface area contributed by atoms with Crippen LogP contribution in [0.25, 0.3) is 112 Å². The molecule has 0 radical (unpaired) electrons. The van der Waals surface area contributed by atoms with Crippen LogP contribution in [0.15, 0.2) is 309 Å². The zero-order chi connectivity index (χ0) is 54.8. The summed E-state index contributed by atoms with van der Waals surface area (Å²) in [5, 5.41) is 7.53. The maximum Gasteiger partial charge on any atom is 0.0547 e. The Morgan fingerprint density at radius 3 is 1.06 bits per heavy atom.